The van der Waals surface area contributed by atoms with E-state index in [4.69, 9.17) is 14.2 Å². The van der Waals surface area contributed by atoms with E-state index in [0.717, 1.165) is 49.0 Å². The standard InChI is InChI=1S/C36H42O4/c37-34(22-14-3-1-2-4-15-25-38-27-30-16-8-5-9-17-30)33-23-24-35(39-28-31-18-10-6-11-19-31)36(26-33)40-29-32-20-12-7-13-21-32/h5-13,16-21,23-24,26,34,37H,1-4,14-15,22,25,27-29H2. The molecule has 0 spiro atoms. The van der Waals surface area contributed by atoms with Crippen LogP contribution in [0.1, 0.15) is 73.3 Å². The van der Waals surface area contributed by atoms with Crippen LogP contribution in [-0.4, -0.2) is 11.7 Å². The van der Waals surface area contributed by atoms with Crippen LogP contribution in [0.2, 0.25) is 0 Å². The lowest BCUT2D eigenvalue weighted by atomic mass is 10.0. The summed E-state index contributed by atoms with van der Waals surface area (Å²) in [6, 6.07) is 36.3. The Morgan fingerprint density at radius 3 is 1.60 bits per heavy atom. The van der Waals surface area contributed by atoms with Crippen LogP contribution < -0.4 is 9.47 Å². The molecule has 210 valence electrons. The van der Waals surface area contributed by atoms with Crippen LogP contribution in [0.15, 0.2) is 109 Å². The van der Waals surface area contributed by atoms with Gasteiger partial charge in [0.2, 0.25) is 0 Å². The zero-order chi connectivity index (χ0) is 27.7. The third kappa shape index (κ3) is 10.5. The molecule has 0 saturated carbocycles. The molecule has 1 N–H and O–H groups in total. The monoisotopic (exact) mass is 538 g/mol. The van der Waals surface area contributed by atoms with Crippen molar-refractivity contribution in [1.82, 2.24) is 0 Å². The zero-order valence-electron chi connectivity index (χ0n) is 23.4. The van der Waals surface area contributed by atoms with Crippen LogP contribution >= 0.6 is 0 Å². The van der Waals surface area contributed by atoms with Crippen LogP contribution in [0.4, 0.5) is 0 Å². The third-order valence-corrected chi connectivity index (χ3v) is 6.95. The average Bonchev–Trinajstić information content (AvgIpc) is 3.01. The fraction of sp³-hybridized carbons (Fsp3) is 0.333. The second-order valence-electron chi connectivity index (χ2n) is 10.2. The molecule has 1 atom stereocenters. The Balaban J connectivity index is 1.18. The van der Waals surface area contributed by atoms with Gasteiger partial charge < -0.3 is 19.3 Å². The molecule has 4 nitrogen and oxygen atoms in total. The lowest BCUT2D eigenvalue weighted by Crippen LogP contribution is -2.03. The molecule has 0 bridgehead atoms. The van der Waals surface area contributed by atoms with E-state index in [1.54, 1.807) is 0 Å². The molecular formula is C36H42O4. The first-order valence-corrected chi connectivity index (χ1v) is 14.5. The Hall–Kier alpha value is -3.60. The number of hydrogen-bond donors (Lipinski definition) is 1. The van der Waals surface area contributed by atoms with Crippen LogP contribution in [0, 0.1) is 0 Å². The van der Waals surface area contributed by atoms with Crippen molar-refractivity contribution in [3.05, 3.63) is 131 Å². The van der Waals surface area contributed by atoms with E-state index in [1.165, 1.54) is 24.8 Å². The summed E-state index contributed by atoms with van der Waals surface area (Å²) in [6.07, 6.45) is 7.01. The van der Waals surface area contributed by atoms with Gasteiger partial charge in [-0.15, -0.1) is 0 Å². The molecule has 0 aliphatic rings. The predicted octanol–water partition coefficient (Wildman–Crippen LogP) is 8.83. The quantitative estimate of drug-likeness (QED) is 0.129. The number of ether oxygens (including phenoxy) is 3. The first kappa shape index (κ1) is 29.4. The number of aliphatic hydroxyl groups excluding tert-OH is 1. The first-order valence-electron chi connectivity index (χ1n) is 14.5. The Labute approximate surface area is 239 Å². The Morgan fingerprint density at radius 2 is 1.00 bits per heavy atom. The van der Waals surface area contributed by atoms with E-state index >= 15 is 0 Å². The molecule has 0 fully saturated rings. The van der Waals surface area contributed by atoms with E-state index in [9.17, 15) is 5.11 Å². The van der Waals surface area contributed by atoms with Crippen molar-refractivity contribution in [2.45, 2.75) is 70.9 Å². The van der Waals surface area contributed by atoms with Crippen LogP contribution in [0.5, 0.6) is 11.5 Å². The zero-order valence-corrected chi connectivity index (χ0v) is 23.4. The molecule has 0 saturated heterocycles. The van der Waals surface area contributed by atoms with Crippen molar-refractivity contribution < 1.29 is 19.3 Å². The van der Waals surface area contributed by atoms with Gasteiger partial charge in [0.15, 0.2) is 11.5 Å². The van der Waals surface area contributed by atoms with Crippen LogP contribution in [0.25, 0.3) is 0 Å². The van der Waals surface area contributed by atoms with Gasteiger partial charge in [-0.2, -0.15) is 0 Å². The van der Waals surface area contributed by atoms with E-state index < -0.39 is 6.10 Å². The van der Waals surface area contributed by atoms with Gasteiger partial charge in [0.1, 0.15) is 13.2 Å². The van der Waals surface area contributed by atoms with Crippen molar-refractivity contribution in [2.75, 3.05) is 6.61 Å². The number of hydrogen-bond acceptors (Lipinski definition) is 4. The van der Waals surface area contributed by atoms with E-state index in [2.05, 4.69) is 12.1 Å². The highest BCUT2D eigenvalue weighted by atomic mass is 16.5. The van der Waals surface area contributed by atoms with Crippen molar-refractivity contribution in [3.8, 4) is 11.5 Å². The maximum absolute atomic E-state index is 10.9. The SMILES string of the molecule is OC(CCCCCCCCOCc1ccccc1)c1ccc(OCc2ccccc2)c(OCc2ccccc2)c1. The highest BCUT2D eigenvalue weighted by Crippen LogP contribution is 2.33. The lowest BCUT2D eigenvalue weighted by Gasteiger charge is -2.17. The van der Waals surface area contributed by atoms with Gasteiger partial charge in [0.05, 0.1) is 12.7 Å². The van der Waals surface area contributed by atoms with Gasteiger partial charge in [-0.1, -0.05) is 129 Å². The second-order valence-corrected chi connectivity index (χ2v) is 10.2. The van der Waals surface area contributed by atoms with Gasteiger partial charge >= 0.3 is 0 Å². The topological polar surface area (TPSA) is 47.9 Å². The molecule has 0 heterocycles. The number of benzene rings is 4. The minimum absolute atomic E-state index is 0.444. The van der Waals surface area contributed by atoms with Crippen molar-refractivity contribution in [3.63, 3.8) is 0 Å². The number of aliphatic hydroxyl groups is 1. The second kappa shape index (κ2) is 17.2. The van der Waals surface area contributed by atoms with Crippen LogP contribution in [0.3, 0.4) is 0 Å². The van der Waals surface area contributed by atoms with Gasteiger partial charge in [-0.25, -0.2) is 0 Å². The summed E-state index contributed by atoms with van der Waals surface area (Å²) in [5.41, 5.74) is 4.28. The largest absolute Gasteiger partial charge is 0.485 e. The maximum Gasteiger partial charge on any atom is 0.162 e. The summed E-state index contributed by atoms with van der Waals surface area (Å²) in [7, 11) is 0. The molecule has 0 aliphatic carbocycles. The molecule has 4 aromatic carbocycles. The van der Waals surface area contributed by atoms with Gasteiger partial charge in [0, 0.05) is 6.61 Å². The number of rotatable bonds is 18. The summed E-state index contributed by atoms with van der Waals surface area (Å²) in [5, 5.41) is 10.9. The van der Waals surface area contributed by atoms with Crippen molar-refractivity contribution in [1.29, 1.82) is 0 Å². The third-order valence-electron chi connectivity index (χ3n) is 6.95. The Bertz CT molecular complexity index is 1210. The highest BCUT2D eigenvalue weighted by Gasteiger charge is 2.13. The lowest BCUT2D eigenvalue weighted by molar-refractivity contribution is 0.116. The van der Waals surface area contributed by atoms with Crippen molar-refractivity contribution >= 4 is 0 Å². The summed E-state index contributed by atoms with van der Waals surface area (Å²) in [4.78, 5) is 0. The fourth-order valence-corrected chi connectivity index (χ4v) is 4.61. The van der Waals surface area contributed by atoms with Gasteiger partial charge in [-0.3, -0.25) is 0 Å². The molecule has 0 radical (unpaired) electrons. The molecule has 4 rings (SSSR count). The van der Waals surface area contributed by atoms with Gasteiger partial charge in [0.25, 0.3) is 0 Å². The van der Waals surface area contributed by atoms with Crippen molar-refractivity contribution in [2.24, 2.45) is 0 Å². The Morgan fingerprint density at radius 1 is 0.500 bits per heavy atom. The normalized spacial score (nSPS) is 11.7. The molecule has 4 heteroatoms. The molecule has 0 amide bonds. The molecule has 4 aromatic rings. The smallest absolute Gasteiger partial charge is 0.162 e. The summed E-state index contributed by atoms with van der Waals surface area (Å²) in [5.74, 6) is 1.34. The molecular weight excluding hydrogens is 496 g/mol. The molecule has 1 unspecified atom stereocenters. The summed E-state index contributed by atoms with van der Waals surface area (Å²) >= 11 is 0. The molecule has 0 aromatic heterocycles. The maximum atomic E-state index is 10.9. The van der Waals surface area contributed by atoms with E-state index in [1.807, 2.05) is 97.1 Å². The minimum atomic E-state index is -0.520. The fourth-order valence-electron chi connectivity index (χ4n) is 4.61. The molecule has 40 heavy (non-hydrogen) atoms. The van der Waals surface area contributed by atoms with Crippen LogP contribution in [-0.2, 0) is 24.6 Å². The predicted molar refractivity (Wildman–Crippen MR) is 161 cm³/mol. The van der Waals surface area contributed by atoms with Gasteiger partial charge in [-0.05, 0) is 47.2 Å². The van der Waals surface area contributed by atoms with E-state index in [-0.39, 0.29) is 0 Å². The first-order chi connectivity index (χ1) is 19.8. The molecule has 0 aliphatic heterocycles. The highest BCUT2D eigenvalue weighted by molar-refractivity contribution is 5.44. The van der Waals surface area contributed by atoms with E-state index in [0.29, 0.717) is 31.3 Å². The average molecular weight is 539 g/mol. The number of unbranched alkanes of at least 4 members (excludes halogenated alkanes) is 5. The summed E-state index contributed by atoms with van der Waals surface area (Å²) < 4.78 is 18.1. The Kier molecular flexibility index (Phi) is 12.6. The minimum Gasteiger partial charge on any atom is -0.485 e. The summed E-state index contributed by atoms with van der Waals surface area (Å²) in [6.45, 7) is 2.41.